The highest BCUT2D eigenvalue weighted by Gasteiger charge is 2.30. The van der Waals surface area contributed by atoms with Crippen molar-refractivity contribution in [2.45, 2.75) is 6.18 Å². The molecule has 10 heteroatoms. The van der Waals surface area contributed by atoms with Gasteiger partial charge in [-0.15, -0.1) is 10.2 Å². The van der Waals surface area contributed by atoms with Crippen LogP contribution in [0.4, 0.5) is 19.0 Å². The Bertz CT molecular complexity index is 1130. The molecule has 0 saturated carbocycles. The van der Waals surface area contributed by atoms with Crippen molar-refractivity contribution >= 4 is 11.7 Å². The number of halogens is 3. The van der Waals surface area contributed by atoms with E-state index in [0.717, 1.165) is 29.1 Å². The number of nitrogens with zero attached hydrogens (tertiary/aromatic N) is 4. The molecule has 1 fully saturated rings. The number of carbonyl (C=O) groups is 1. The van der Waals surface area contributed by atoms with E-state index in [9.17, 15) is 18.0 Å². The Morgan fingerprint density at radius 2 is 1.68 bits per heavy atom. The first-order valence-electron chi connectivity index (χ1n) is 10.6. The van der Waals surface area contributed by atoms with Gasteiger partial charge in [0.2, 0.25) is 0 Å². The Kier molecular flexibility index (Phi) is 6.85. The van der Waals surface area contributed by atoms with Crippen molar-refractivity contribution < 1.29 is 27.4 Å². The van der Waals surface area contributed by atoms with Crippen molar-refractivity contribution in [2.24, 2.45) is 0 Å². The van der Waals surface area contributed by atoms with Crippen LogP contribution in [0.2, 0.25) is 0 Å². The second-order valence-electron chi connectivity index (χ2n) is 7.69. The second-order valence-corrected chi connectivity index (χ2v) is 7.69. The van der Waals surface area contributed by atoms with Crippen LogP contribution in [0.25, 0.3) is 11.3 Å². The number of methoxy groups -OCH3 is 1. The van der Waals surface area contributed by atoms with E-state index in [2.05, 4.69) is 10.2 Å². The minimum Gasteiger partial charge on any atom is -0.497 e. The zero-order valence-corrected chi connectivity index (χ0v) is 18.5. The summed E-state index contributed by atoms with van der Waals surface area (Å²) in [5.74, 6) is 1.17. The van der Waals surface area contributed by atoms with E-state index in [-0.39, 0.29) is 18.3 Å². The Morgan fingerprint density at radius 3 is 2.35 bits per heavy atom. The standard InChI is InChI=1S/C24H23F3N4O3/c1-33-19-6-2-4-17(14-19)21-8-9-22(29-28-21)30-10-12-31(13-11-30)23(32)16-34-20-7-3-5-18(15-20)24(25,26)27/h2-9,14-15H,10-13,16H2,1H3. The lowest BCUT2D eigenvalue weighted by atomic mass is 10.1. The summed E-state index contributed by atoms with van der Waals surface area (Å²) in [6.45, 7) is 1.69. The van der Waals surface area contributed by atoms with Crippen LogP contribution in [-0.4, -0.2) is 60.9 Å². The van der Waals surface area contributed by atoms with E-state index in [1.54, 1.807) is 12.0 Å². The molecule has 0 unspecified atom stereocenters. The van der Waals surface area contributed by atoms with Crippen LogP contribution in [0.15, 0.2) is 60.7 Å². The SMILES string of the molecule is COc1cccc(-c2ccc(N3CCN(C(=O)COc4cccc(C(F)(F)F)c4)CC3)nn2)c1. The van der Waals surface area contributed by atoms with E-state index in [0.29, 0.717) is 32.0 Å². The van der Waals surface area contributed by atoms with Crippen molar-refractivity contribution in [1.82, 2.24) is 15.1 Å². The average molecular weight is 472 g/mol. The average Bonchev–Trinajstić information content (AvgIpc) is 2.87. The summed E-state index contributed by atoms with van der Waals surface area (Å²) in [5.41, 5.74) is 0.808. The lowest BCUT2D eigenvalue weighted by Crippen LogP contribution is -2.50. The van der Waals surface area contributed by atoms with E-state index in [1.807, 2.05) is 41.3 Å². The van der Waals surface area contributed by atoms with Crippen LogP contribution in [0, 0.1) is 0 Å². The fourth-order valence-corrected chi connectivity index (χ4v) is 3.61. The van der Waals surface area contributed by atoms with Crippen LogP contribution in [0.5, 0.6) is 11.5 Å². The highest BCUT2D eigenvalue weighted by molar-refractivity contribution is 5.78. The summed E-state index contributed by atoms with van der Waals surface area (Å²) in [4.78, 5) is 16.1. The number of aromatic nitrogens is 2. The Hall–Kier alpha value is -3.82. The third-order valence-electron chi connectivity index (χ3n) is 5.50. The van der Waals surface area contributed by atoms with E-state index in [4.69, 9.17) is 9.47 Å². The lowest BCUT2D eigenvalue weighted by molar-refractivity contribution is -0.137. The number of alkyl halides is 3. The fraction of sp³-hybridized carbons (Fsp3) is 0.292. The van der Waals surface area contributed by atoms with Crippen molar-refractivity contribution in [2.75, 3.05) is 44.8 Å². The maximum absolute atomic E-state index is 12.8. The third-order valence-corrected chi connectivity index (χ3v) is 5.50. The topological polar surface area (TPSA) is 67.8 Å². The number of rotatable bonds is 6. The molecular formula is C24H23F3N4O3. The second kappa shape index (κ2) is 9.98. The number of piperazine rings is 1. The summed E-state index contributed by atoms with van der Waals surface area (Å²) >= 11 is 0. The molecule has 4 rings (SSSR count). The van der Waals surface area contributed by atoms with Crippen LogP contribution in [0.3, 0.4) is 0 Å². The zero-order valence-electron chi connectivity index (χ0n) is 18.5. The van der Waals surface area contributed by atoms with Gasteiger partial charge in [-0.25, -0.2) is 0 Å². The number of anilines is 1. The third kappa shape index (κ3) is 5.56. The van der Waals surface area contributed by atoms with Crippen LogP contribution >= 0.6 is 0 Å². The molecule has 1 saturated heterocycles. The van der Waals surface area contributed by atoms with Crippen LogP contribution < -0.4 is 14.4 Å². The van der Waals surface area contributed by atoms with Crippen molar-refractivity contribution in [3.63, 3.8) is 0 Å². The van der Waals surface area contributed by atoms with Crippen molar-refractivity contribution in [1.29, 1.82) is 0 Å². The summed E-state index contributed by atoms with van der Waals surface area (Å²) < 4.78 is 49.0. The Labute approximate surface area is 194 Å². The molecule has 2 heterocycles. The van der Waals surface area contributed by atoms with Gasteiger partial charge in [-0.1, -0.05) is 18.2 Å². The number of carbonyl (C=O) groups excluding carboxylic acids is 1. The van der Waals surface area contributed by atoms with Gasteiger partial charge in [0.15, 0.2) is 12.4 Å². The van der Waals surface area contributed by atoms with Gasteiger partial charge in [0.1, 0.15) is 11.5 Å². The van der Waals surface area contributed by atoms with Crippen LogP contribution in [-0.2, 0) is 11.0 Å². The molecule has 1 aliphatic heterocycles. The summed E-state index contributed by atoms with van der Waals surface area (Å²) in [5, 5.41) is 8.64. The van der Waals surface area contributed by atoms with Gasteiger partial charge in [-0.05, 0) is 42.5 Å². The number of hydrogen-bond acceptors (Lipinski definition) is 6. The monoisotopic (exact) mass is 472 g/mol. The molecule has 178 valence electrons. The highest BCUT2D eigenvalue weighted by atomic mass is 19.4. The number of amides is 1. The molecule has 34 heavy (non-hydrogen) atoms. The maximum Gasteiger partial charge on any atom is 0.416 e. The molecule has 3 aromatic rings. The molecule has 7 nitrogen and oxygen atoms in total. The molecular weight excluding hydrogens is 449 g/mol. The molecule has 0 bridgehead atoms. The highest BCUT2D eigenvalue weighted by Crippen LogP contribution is 2.31. The van der Waals surface area contributed by atoms with Gasteiger partial charge in [-0.3, -0.25) is 4.79 Å². The summed E-state index contributed by atoms with van der Waals surface area (Å²) in [6, 6.07) is 15.8. The summed E-state index contributed by atoms with van der Waals surface area (Å²) in [7, 11) is 1.61. The number of hydrogen-bond donors (Lipinski definition) is 0. The van der Waals surface area contributed by atoms with Gasteiger partial charge < -0.3 is 19.3 Å². The molecule has 0 N–H and O–H groups in total. The normalized spacial score (nSPS) is 14.1. The number of ether oxygens (including phenoxy) is 2. The van der Waals surface area contributed by atoms with Gasteiger partial charge in [0.25, 0.3) is 5.91 Å². The maximum atomic E-state index is 12.8. The van der Waals surface area contributed by atoms with E-state index in [1.165, 1.54) is 12.1 Å². The molecule has 0 spiro atoms. The van der Waals surface area contributed by atoms with Gasteiger partial charge in [0.05, 0.1) is 18.4 Å². The Morgan fingerprint density at radius 1 is 0.941 bits per heavy atom. The smallest absolute Gasteiger partial charge is 0.416 e. The quantitative estimate of drug-likeness (QED) is 0.542. The van der Waals surface area contributed by atoms with Crippen molar-refractivity contribution in [3.05, 3.63) is 66.2 Å². The van der Waals surface area contributed by atoms with Gasteiger partial charge in [-0.2, -0.15) is 13.2 Å². The molecule has 1 amide bonds. The first-order chi connectivity index (χ1) is 16.3. The number of benzene rings is 2. The largest absolute Gasteiger partial charge is 0.497 e. The first kappa shape index (κ1) is 23.3. The fourth-order valence-electron chi connectivity index (χ4n) is 3.61. The first-order valence-corrected chi connectivity index (χ1v) is 10.6. The molecule has 0 atom stereocenters. The molecule has 1 aliphatic rings. The predicted octanol–water partition coefficient (Wildman–Crippen LogP) is 3.90. The summed E-state index contributed by atoms with van der Waals surface area (Å²) in [6.07, 6.45) is -4.46. The zero-order chi connectivity index (χ0) is 24.1. The molecule has 0 radical (unpaired) electrons. The predicted molar refractivity (Wildman–Crippen MR) is 120 cm³/mol. The molecule has 1 aromatic heterocycles. The van der Waals surface area contributed by atoms with Crippen molar-refractivity contribution in [3.8, 4) is 22.8 Å². The lowest BCUT2D eigenvalue weighted by Gasteiger charge is -2.35. The molecule has 0 aliphatic carbocycles. The molecule has 2 aromatic carbocycles. The van der Waals surface area contributed by atoms with Gasteiger partial charge >= 0.3 is 6.18 Å². The van der Waals surface area contributed by atoms with Gasteiger partial charge in [0, 0.05) is 31.7 Å². The van der Waals surface area contributed by atoms with E-state index >= 15 is 0 Å². The minimum absolute atomic E-state index is 0.00760. The van der Waals surface area contributed by atoms with E-state index < -0.39 is 11.7 Å². The minimum atomic E-state index is -4.46. The van der Waals surface area contributed by atoms with Crippen LogP contribution in [0.1, 0.15) is 5.56 Å². The Balaban J connectivity index is 1.29.